The molecule has 0 saturated heterocycles. The maximum absolute atomic E-state index is 4.52. The van der Waals surface area contributed by atoms with Crippen LogP contribution in [-0.2, 0) is 10.8 Å². The van der Waals surface area contributed by atoms with Crippen molar-refractivity contribution in [3.63, 3.8) is 0 Å². The summed E-state index contributed by atoms with van der Waals surface area (Å²) in [5.41, 5.74) is 3.69. The van der Waals surface area contributed by atoms with Gasteiger partial charge >= 0.3 is 0 Å². The Labute approximate surface area is 91.6 Å². The molecule has 1 rings (SSSR count). The van der Waals surface area contributed by atoms with Gasteiger partial charge in [-0.2, -0.15) is 0 Å². The zero-order valence-corrected chi connectivity index (χ0v) is 11.0. The van der Waals surface area contributed by atoms with Crippen molar-refractivity contribution in [2.45, 2.75) is 58.8 Å². The average molecular weight is 211 g/mol. The molecule has 0 saturated carbocycles. The van der Waals surface area contributed by atoms with Crippen molar-refractivity contribution in [1.82, 2.24) is 4.98 Å². The Kier molecular flexibility index (Phi) is 3.05. The quantitative estimate of drug-likeness (QED) is 0.717. The molecule has 0 fully saturated rings. The van der Waals surface area contributed by atoms with Crippen LogP contribution in [-0.4, -0.2) is 4.98 Å². The fourth-order valence-electron chi connectivity index (χ4n) is 1.42. The molecule has 2 heteroatoms. The summed E-state index contributed by atoms with van der Waals surface area (Å²) in [5.74, 6) is 0. The number of nitrogens with zero attached hydrogens (tertiary/aromatic N) is 1. The highest BCUT2D eigenvalue weighted by Crippen LogP contribution is 2.37. The minimum atomic E-state index is 0.168. The smallest absolute Gasteiger partial charge is 0.0798 e. The first kappa shape index (κ1) is 11.7. The van der Waals surface area contributed by atoms with Crippen LogP contribution in [0.2, 0.25) is 0 Å². The summed E-state index contributed by atoms with van der Waals surface area (Å²) in [6.07, 6.45) is 1.16. The van der Waals surface area contributed by atoms with E-state index in [1.54, 1.807) is 11.3 Å². The van der Waals surface area contributed by atoms with E-state index >= 15 is 0 Å². The SMILES string of the molecule is CCC(C)(C)c1scnc1C(C)(C)C. The molecule has 80 valence electrons. The molecule has 0 unspecified atom stereocenters. The zero-order valence-electron chi connectivity index (χ0n) is 10.1. The van der Waals surface area contributed by atoms with Gasteiger partial charge in [0.1, 0.15) is 0 Å². The van der Waals surface area contributed by atoms with Crippen LogP contribution in [0.5, 0.6) is 0 Å². The largest absolute Gasteiger partial charge is 0.249 e. The molecule has 0 bridgehead atoms. The van der Waals surface area contributed by atoms with Crippen molar-refractivity contribution in [3.05, 3.63) is 16.1 Å². The number of rotatable bonds is 2. The Morgan fingerprint density at radius 1 is 1.21 bits per heavy atom. The third kappa shape index (κ3) is 2.17. The first-order valence-corrected chi connectivity index (χ1v) is 6.11. The van der Waals surface area contributed by atoms with Gasteiger partial charge in [-0.1, -0.05) is 41.5 Å². The van der Waals surface area contributed by atoms with Crippen LogP contribution in [0.3, 0.4) is 0 Å². The van der Waals surface area contributed by atoms with Gasteiger partial charge in [-0.15, -0.1) is 11.3 Å². The van der Waals surface area contributed by atoms with E-state index in [4.69, 9.17) is 0 Å². The number of hydrogen-bond acceptors (Lipinski definition) is 2. The highest BCUT2D eigenvalue weighted by Gasteiger charge is 2.29. The lowest BCUT2D eigenvalue weighted by Crippen LogP contribution is -2.22. The summed E-state index contributed by atoms with van der Waals surface area (Å²) in [6.45, 7) is 13.5. The Hall–Kier alpha value is -0.370. The maximum atomic E-state index is 4.52. The molecular formula is C12H21NS. The predicted molar refractivity (Wildman–Crippen MR) is 64.1 cm³/mol. The van der Waals surface area contributed by atoms with Crippen LogP contribution >= 0.6 is 11.3 Å². The molecule has 0 aromatic carbocycles. The normalized spacial score (nSPS) is 13.3. The Balaban J connectivity index is 3.18. The molecule has 0 atom stereocenters. The molecule has 1 aromatic heterocycles. The lowest BCUT2D eigenvalue weighted by atomic mass is 9.81. The Morgan fingerprint density at radius 2 is 1.79 bits per heavy atom. The van der Waals surface area contributed by atoms with Gasteiger partial charge in [-0.05, 0) is 6.42 Å². The van der Waals surface area contributed by atoms with Gasteiger partial charge in [0.15, 0.2) is 0 Å². The highest BCUT2D eigenvalue weighted by molar-refractivity contribution is 7.09. The van der Waals surface area contributed by atoms with Crippen LogP contribution in [0, 0.1) is 0 Å². The second-order valence-corrected chi connectivity index (χ2v) is 6.37. The van der Waals surface area contributed by atoms with Crippen molar-refractivity contribution in [2.75, 3.05) is 0 Å². The third-order valence-electron chi connectivity index (χ3n) is 2.78. The maximum Gasteiger partial charge on any atom is 0.0798 e. The number of aromatic nitrogens is 1. The fraction of sp³-hybridized carbons (Fsp3) is 0.750. The average Bonchev–Trinajstić information content (AvgIpc) is 2.51. The molecular weight excluding hydrogens is 190 g/mol. The van der Waals surface area contributed by atoms with Crippen LogP contribution in [0.4, 0.5) is 0 Å². The third-order valence-corrected chi connectivity index (χ3v) is 3.97. The van der Waals surface area contributed by atoms with E-state index in [-0.39, 0.29) is 10.8 Å². The summed E-state index contributed by atoms with van der Waals surface area (Å²) < 4.78 is 0. The summed E-state index contributed by atoms with van der Waals surface area (Å²) in [5, 5.41) is 0. The second kappa shape index (κ2) is 3.65. The van der Waals surface area contributed by atoms with Crippen molar-refractivity contribution >= 4 is 11.3 Å². The zero-order chi connectivity index (χ0) is 11.0. The van der Waals surface area contributed by atoms with Crippen molar-refractivity contribution in [3.8, 4) is 0 Å². The molecule has 1 aromatic rings. The second-order valence-electron chi connectivity index (χ2n) is 5.52. The minimum absolute atomic E-state index is 0.168. The van der Waals surface area contributed by atoms with E-state index in [2.05, 4.69) is 46.5 Å². The molecule has 1 heterocycles. The standard InChI is InChI=1S/C12H21NS/c1-7-12(5,6)10-9(11(2,3)4)13-8-14-10/h8H,7H2,1-6H3. The van der Waals surface area contributed by atoms with Gasteiger partial charge in [-0.25, -0.2) is 4.98 Å². The van der Waals surface area contributed by atoms with Crippen molar-refractivity contribution in [2.24, 2.45) is 0 Å². The van der Waals surface area contributed by atoms with Crippen LogP contribution in [0.1, 0.15) is 58.5 Å². The summed E-state index contributed by atoms with van der Waals surface area (Å²) >= 11 is 1.80. The first-order valence-electron chi connectivity index (χ1n) is 5.23. The lowest BCUT2D eigenvalue weighted by molar-refractivity contribution is 0.484. The molecule has 0 aliphatic carbocycles. The van der Waals surface area contributed by atoms with E-state index < -0.39 is 0 Å². The van der Waals surface area contributed by atoms with E-state index in [0.717, 1.165) is 6.42 Å². The molecule has 0 radical (unpaired) electrons. The van der Waals surface area contributed by atoms with Gasteiger partial charge in [-0.3, -0.25) is 0 Å². The number of thiazole rings is 1. The molecule has 14 heavy (non-hydrogen) atoms. The van der Waals surface area contributed by atoms with E-state index in [9.17, 15) is 0 Å². The van der Waals surface area contributed by atoms with Crippen molar-refractivity contribution in [1.29, 1.82) is 0 Å². The number of hydrogen-bond donors (Lipinski definition) is 0. The molecule has 0 N–H and O–H groups in total. The predicted octanol–water partition coefficient (Wildman–Crippen LogP) is 4.13. The summed E-state index contributed by atoms with van der Waals surface area (Å²) in [4.78, 5) is 5.97. The fourth-order valence-corrected chi connectivity index (χ4v) is 2.62. The molecule has 0 spiro atoms. The highest BCUT2D eigenvalue weighted by atomic mass is 32.1. The topological polar surface area (TPSA) is 12.9 Å². The summed E-state index contributed by atoms with van der Waals surface area (Å²) in [6, 6.07) is 0. The van der Waals surface area contributed by atoms with E-state index in [0.29, 0.717) is 0 Å². The Morgan fingerprint density at radius 3 is 2.21 bits per heavy atom. The van der Waals surface area contributed by atoms with Gasteiger partial charge < -0.3 is 0 Å². The van der Waals surface area contributed by atoms with Crippen LogP contribution in [0.25, 0.3) is 0 Å². The molecule has 1 nitrogen and oxygen atoms in total. The Bertz CT molecular complexity index is 304. The van der Waals surface area contributed by atoms with Crippen LogP contribution < -0.4 is 0 Å². The van der Waals surface area contributed by atoms with Gasteiger partial charge in [0.25, 0.3) is 0 Å². The van der Waals surface area contributed by atoms with Gasteiger partial charge in [0.05, 0.1) is 11.2 Å². The van der Waals surface area contributed by atoms with Crippen LogP contribution in [0.15, 0.2) is 5.51 Å². The van der Waals surface area contributed by atoms with Gasteiger partial charge in [0, 0.05) is 15.7 Å². The van der Waals surface area contributed by atoms with E-state index in [1.807, 2.05) is 5.51 Å². The van der Waals surface area contributed by atoms with E-state index in [1.165, 1.54) is 10.6 Å². The van der Waals surface area contributed by atoms with Crippen molar-refractivity contribution < 1.29 is 0 Å². The summed E-state index contributed by atoms with van der Waals surface area (Å²) in [7, 11) is 0. The molecule has 0 aliphatic heterocycles. The molecule has 0 amide bonds. The monoisotopic (exact) mass is 211 g/mol. The molecule has 0 aliphatic rings. The van der Waals surface area contributed by atoms with Gasteiger partial charge in [0.2, 0.25) is 0 Å². The minimum Gasteiger partial charge on any atom is -0.249 e. The lowest BCUT2D eigenvalue weighted by Gasteiger charge is -2.27. The first-order chi connectivity index (χ1) is 6.29.